The van der Waals surface area contributed by atoms with Gasteiger partial charge in [0.1, 0.15) is 12.0 Å². The Morgan fingerprint density at radius 1 is 1.09 bits per heavy atom. The quantitative estimate of drug-likeness (QED) is 0.584. The number of aryl methyl sites for hydroxylation is 1. The number of hydrogen-bond acceptors (Lipinski definition) is 5. The number of hydrogen-bond donors (Lipinski definition) is 4. The predicted octanol–water partition coefficient (Wildman–Crippen LogP) is 3.72. The van der Waals surface area contributed by atoms with Crippen LogP contribution in [0.2, 0.25) is 0 Å². The number of nitrogens with zero attached hydrogens (tertiary/aromatic N) is 1. The molecular weight excluding hydrogens is 415 g/mol. The van der Waals surface area contributed by atoms with Gasteiger partial charge in [0.25, 0.3) is 0 Å². The van der Waals surface area contributed by atoms with Crippen LogP contribution in [0.5, 0.6) is 0 Å². The lowest BCUT2D eigenvalue weighted by atomic mass is 10.0. The lowest BCUT2D eigenvalue weighted by Crippen LogP contribution is -2.52. The molecule has 2 aliphatic rings. The fourth-order valence-corrected chi connectivity index (χ4v) is 3.97. The van der Waals surface area contributed by atoms with E-state index in [2.05, 4.69) is 32.8 Å². The van der Waals surface area contributed by atoms with Gasteiger partial charge in [-0.15, -0.1) is 0 Å². The largest absolute Gasteiger partial charge is 0.416 e. The molecule has 2 aromatic carbocycles. The monoisotopic (exact) mass is 441 g/mol. The van der Waals surface area contributed by atoms with E-state index < -0.39 is 17.9 Å². The van der Waals surface area contributed by atoms with Gasteiger partial charge in [0, 0.05) is 48.2 Å². The summed E-state index contributed by atoms with van der Waals surface area (Å²) in [7, 11) is 0. The molecule has 4 N–H and O–H groups in total. The molecule has 0 aromatic heterocycles. The Morgan fingerprint density at radius 2 is 1.84 bits per heavy atom. The molecule has 0 saturated carbocycles. The third-order valence-corrected chi connectivity index (χ3v) is 5.59. The van der Waals surface area contributed by atoms with Crippen molar-refractivity contribution in [3.05, 3.63) is 89.1 Å². The molecule has 2 aliphatic heterocycles. The van der Waals surface area contributed by atoms with Crippen LogP contribution in [0.3, 0.4) is 0 Å². The minimum atomic E-state index is -4.47. The summed E-state index contributed by atoms with van der Waals surface area (Å²) >= 11 is 0. The highest BCUT2D eigenvalue weighted by Gasteiger charge is 2.36. The molecule has 8 heteroatoms. The van der Waals surface area contributed by atoms with Crippen LogP contribution >= 0.6 is 0 Å². The van der Waals surface area contributed by atoms with Gasteiger partial charge in [-0.2, -0.15) is 13.2 Å². The van der Waals surface area contributed by atoms with Gasteiger partial charge in [-0.05, 0) is 18.6 Å². The first kappa shape index (κ1) is 22.1. The normalized spacial score (nSPS) is 21.2. The van der Waals surface area contributed by atoms with Gasteiger partial charge in [-0.3, -0.25) is 0 Å². The Labute approximate surface area is 185 Å². The molecule has 4 rings (SSSR count). The molecule has 2 aromatic rings. The second-order valence-electron chi connectivity index (χ2n) is 7.88. The molecule has 32 heavy (non-hydrogen) atoms. The first-order valence-corrected chi connectivity index (χ1v) is 10.5. The highest BCUT2D eigenvalue weighted by Crippen LogP contribution is 2.36. The fraction of sp³-hybridized carbons (Fsp3) is 0.292. The van der Waals surface area contributed by atoms with E-state index in [1.54, 1.807) is 6.07 Å². The van der Waals surface area contributed by atoms with Gasteiger partial charge >= 0.3 is 6.18 Å². The molecular formula is C24H26F3N5. The molecule has 1 saturated heterocycles. The Bertz CT molecular complexity index is 1050. The maximum Gasteiger partial charge on any atom is 0.416 e. The highest BCUT2D eigenvalue weighted by molar-refractivity contribution is 6.00. The molecule has 2 atom stereocenters. The summed E-state index contributed by atoms with van der Waals surface area (Å²) in [6.45, 7) is 8.38. The molecule has 1 fully saturated rings. The average Bonchev–Trinajstić information content (AvgIpc) is 2.79. The maximum absolute atomic E-state index is 13.7. The van der Waals surface area contributed by atoms with Crippen molar-refractivity contribution in [3.8, 4) is 0 Å². The summed E-state index contributed by atoms with van der Waals surface area (Å²) in [5.74, 6) is 0.460. The van der Waals surface area contributed by atoms with Crippen LogP contribution < -0.4 is 21.3 Å². The smallest absolute Gasteiger partial charge is 0.362 e. The minimum absolute atomic E-state index is 0.0664. The van der Waals surface area contributed by atoms with Crippen LogP contribution in [-0.4, -0.2) is 31.5 Å². The molecule has 0 bridgehead atoms. The molecule has 168 valence electrons. The van der Waals surface area contributed by atoms with Crippen molar-refractivity contribution in [2.45, 2.75) is 25.3 Å². The molecule has 0 aliphatic carbocycles. The summed E-state index contributed by atoms with van der Waals surface area (Å²) in [6.07, 6.45) is -3.53. The van der Waals surface area contributed by atoms with Gasteiger partial charge in [0.15, 0.2) is 0 Å². The van der Waals surface area contributed by atoms with Crippen LogP contribution in [0.15, 0.2) is 71.9 Å². The molecule has 2 heterocycles. The standard InChI is InChI=1S/C24H26F3N5/c1-15-7-3-4-8-17(15)16(2)30-22-13-20(21-14-28-11-12-29-21)31-23(32-22)18-9-5-6-10-19(18)24(25,26)27/h3-10,13,21,23,28-29,31H,2,11-12,14H2,1H3,(H,30,32). The van der Waals surface area contributed by atoms with E-state index in [-0.39, 0.29) is 11.6 Å². The average molecular weight is 442 g/mol. The van der Waals surface area contributed by atoms with E-state index in [4.69, 9.17) is 0 Å². The zero-order chi connectivity index (χ0) is 22.7. The maximum atomic E-state index is 13.7. The van der Waals surface area contributed by atoms with Crippen molar-refractivity contribution in [2.24, 2.45) is 4.99 Å². The molecule has 0 radical (unpaired) electrons. The second kappa shape index (κ2) is 9.18. The van der Waals surface area contributed by atoms with E-state index in [1.165, 1.54) is 12.1 Å². The fourth-order valence-electron chi connectivity index (χ4n) is 3.97. The van der Waals surface area contributed by atoms with E-state index in [1.807, 2.05) is 37.3 Å². The van der Waals surface area contributed by atoms with E-state index in [0.717, 1.165) is 36.0 Å². The number of alkyl halides is 3. The Hall–Kier alpha value is -3.10. The van der Waals surface area contributed by atoms with Gasteiger partial charge in [0.2, 0.25) is 0 Å². The van der Waals surface area contributed by atoms with Crippen molar-refractivity contribution in [1.82, 2.24) is 21.3 Å². The summed E-state index contributed by atoms with van der Waals surface area (Å²) < 4.78 is 41.1. The Morgan fingerprint density at radius 3 is 2.56 bits per heavy atom. The molecule has 0 amide bonds. The van der Waals surface area contributed by atoms with Crippen LogP contribution in [0.4, 0.5) is 13.2 Å². The van der Waals surface area contributed by atoms with E-state index >= 15 is 0 Å². The minimum Gasteiger partial charge on any atom is -0.362 e. The number of halogens is 3. The summed E-state index contributed by atoms with van der Waals surface area (Å²) in [5, 5.41) is 13.1. The first-order chi connectivity index (χ1) is 15.3. The van der Waals surface area contributed by atoms with Crippen LogP contribution in [0, 0.1) is 6.92 Å². The van der Waals surface area contributed by atoms with E-state index in [0.29, 0.717) is 18.1 Å². The zero-order valence-electron chi connectivity index (χ0n) is 17.8. The topological polar surface area (TPSA) is 60.5 Å². The SMILES string of the molecule is C=C(NC1=NC(c2ccccc2C(F)(F)F)NC(C2CNCCN2)=C1)c1ccccc1C. The third-order valence-electron chi connectivity index (χ3n) is 5.59. The third kappa shape index (κ3) is 4.87. The van der Waals surface area contributed by atoms with Crippen molar-refractivity contribution in [2.75, 3.05) is 19.6 Å². The Kier molecular flexibility index (Phi) is 6.34. The number of nitrogens with one attached hydrogen (secondary N) is 4. The van der Waals surface area contributed by atoms with Gasteiger partial charge < -0.3 is 21.3 Å². The van der Waals surface area contributed by atoms with Crippen LogP contribution in [-0.2, 0) is 6.18 Å². The zero-order valence-corrected chi connectivity index (χ0v) is 17.8. The van der Waals surface area contributed by atoms with Crippen molar-refractivity contribution < 1.29 is 13.2 Å². The molecule has 2 unspecified atom stereocenters. The van der Waals surface area contributed by atoms with Gasteiger partial charge in [-0.1, -0.05) is 49.0 Å². The van der Waals surface area contributed by atoms with Gasteiger partial charge in [-0.25, -0.2) is 4.99 Å². The van der Waals surface area contributed by atoms with Crippen molar-refractivity contribution in [1.29, 1.82) is 0 Å². The number of aliphatic imine (C=N–C) groups is 1. The number of rotatable bonds is 4. The van der Waals surface area contributed by atoms with Crippen molar-refractivity contribution in [3.63, 3.8) is 0 Å². The molecule has 5 nitrogen and oxygen atoms in total. The lowest BCUT2D eigenvalue weighted by Gasteiger charge is -2.33. The van der Waals surface area contributed by atoms with Crippen LogP contribution in [0.25, 0.3) is 5.70 Å². The number of amidine groups is 1. The number of piperazine rings is 1. The molecule has 0 spiro atoms. The van der Waals surface area contributed by atoms with Gasteiger partial charge in [0.05, 0.1) is 11.6 Å². The van der Waals surface area contributed by atoms with Crippen LogP contribution in [0.1, 0.15) is 28.4 Å². The summed E-state index contributed by atoms with van der Waals surface area (Å²) in [4.78, 5) is 4.58. The summed E-state index contributed by atoms with van der Waals surface area (Å²) in [6, 6.07) is 13.3. The predicted molar refractivity (Wildman–Crippen MR) is 121 cm³/mol. The van der Waals surface area contributed by atoms with E-state index in [9.17, 15) is 13.2 Å². The number of benzene rings is 2. The van der Waals surface area contributed by atoms with Crippen molar-refractivity contribution >= 4 is 11.5 Å². The first-order valence-electron chi connectivity index (χ1n) is 10.5. The highest BCUT2D eigenvalue weighted by atomic mass is 19.4. The summed E-state index contributed by atoms with van der Waals surface area (Å²) in [5.41, 5.74) is 2.75. The second-order valence-corrected chi connectivity index (χ2v) is 7.88. The Balaban J connectivity index is 1.69. The lowest BCUT2D eigenvalue weighted by molar-refractivity contribution is -0.138.